The van der Waals surface area contributed by atoms with Crippen LogP contribution >= 0.6 is 0 Å². The number of oxazole rings is 1. The normalized spacial score (nSPS) is 11.3. The Hall–Kier alpha value is -3.02. The van der Waals surface area contributed by atoms with E-state index in [1.807, 2.05) is 19.9 Å². The third kappa shape index (κ3) is 3.26. The van der Waals surface area contributed by atoms with Crippen molar-refractivity contribution in [2.24, 2.45) is 4.99 Å². The molecule has 0 spiro atoms. The molecule has 2 heterocycles. The zero-order valence-electron chi connectivity index (χ0n) is 12.6. The molecule has 2 aromatic heterocycles. The van der Waals surface area contributed by atoms with Gasteiger partial charge in [0.25, 0.3) is 0 Å². The van der Waals surface area contributed by atoms with Crippen molar-refractivity contribution >= 4 is 12.0 Å². The van der Waals surface area contributed by atoms with Gasteiger partial charge in [-0.2, -0.15) is 0 Å². The number of hydrogen-bond acceptors (Lipinski definition) is 5. The Morgan fingerprint density at radius 1 is 1.17 bits per heavy atom. The van der Waals surface area contributed by atoms with Crippen LogP contribution in [-0.4, -0.2) is 21.3 Å². The monoisotopic (exact) mass is 311 g/mol. The molecular weight excluding hydrogens is 297 g/mol. The fourth-order valence-corrected chi connectivity index (χ4v) is 2.17. The zero-order chi connectivity index (χ0) is 16.4. The van der Waals surface area contributed by atoms with Gasteiger partial charge in [0.1, 0.15) is 5.82 Å². The molecule has 0 bridgehead atoms. The molecule has 0 aliphatic heterocycles. The third-order valence-electron chi connectivity index (χ3n) is 3.14. The maximum atomic E-state index is 13.7. The molecular formula is C17H14FN3O2. The van der Waals surface area contributed by atoms with Crippen LogP contribution in [0.2, 0.25) is 0 Å². The zero-order valence-corrected chi connectivity index (χ0v) is 12.6. The quantitative estimate of drug-likeness (QED) is 0.743. The summed E-state index contributed by atoms with van der Waals surface area (Å²) in [6, 6.07) is 9.78. The first-order valence-electron chi connectivity index (χ1n) is 6.97. The summed E-state index contributed by atoms with van der Waals surface area (Å²) in [6.07, 6.45) is 1.34. The number of halogens is 1. The minimum Gasteiger partial charge on any atom is -0.479 e. The highest BCUT2D eigenvalue weighted by molar-refractivity contribution is 5.82. The van der Waals surface area contributed by atoms with Gasteiger partial charge in [0, 0.05) is 5.69 Å². The van der Waals surface area contributed by atoms with E-state index in [9.17, 15) is 9.50 Å². The minimum absolute atomic E-state index is 0.00423. The molecule has 0 aliphatic rings. The molecule has 1 N–H and O–H groups in total. The van der Waals surface area contributed by atoms with E-state index in [4.69, 9.17) is 4.42 Å². The van der Waals surface area contributed by atoms with E-state index in [-0.39, 0.29) is 17.1 Å². The second kappa shape index (κ2) is 6.00. The minimum atomic E-state index is -0.479. The van der Waals surface area contributed by atoms with Crippen LogP contribution in [0.4, 0.5) is 10.2 Å². The molecule has 5 nitrogen and oxygen atoms in total. The van der Waals surface area contributed by atoms with Crippen molar-refractivity contribution in [3.05, 3.63) is 59.2 Å². The van der Waals surface area contributed by atoms with Crippen molar-refractivity contribution in [3.63, 3.8) is 0 Å². The first kappa shape index (κ1) is 14.9. The van der Waals surface area contributed by atoms with Crippen LogP contribution in [0.3, 0.4) is 0 Å². The first-order valence-corrected chi connectivity index (χ1v) is 6.97. The summed E-state index contributed by atoms with van der Waals surface area (Å²) < 4.78 is 18.8. The van der Waals surface area contributed by atoms with Gasteiger partial charge in [-0.3, -0.25) is 0 Å². The van der Waals surface area contributed by atoms with Crippen LogP contribution in [0.5, 0.6) is 5.95 Å². The Labute approximate surface area is 132 Å². The standard InChI is InChI=1S/C17H14FN3O2/c1-10-7-11(2)20-15(8-10)19-9-14-17(22)23-16(21-14)12-5-3-4-6-13(12)18/h3-9,22H,1-2H3/b19-9+. The van der Waals surface area contributed by atoms with Gasteiger partial charge in [-0.25, -0.2) is 19.4 Å². The highest BCUT2D eigenvalue weighted by Gasteiger charge is 2.15. The Bertz CT molecular complexity index is 867. The van der Waals surface area contributed by atoms with E-state index in [1.54, 1.807) is 18.2 Å². The van der Waals surface area contributed by atoms with Crippen LogP contribution in [0.25, 0.3) is 11.5 Å². The molecule has 0 unspecified atom stereocenters. The van der Waals surface area contributed by atoms with Gasteiger partial charge in [-0.05, 0) is 43.7 Å². The number of nitrogens with zero attached hydrogens (tertiary/aromatic N) is 3. The maximum Gasteiger partial charge on any atom is 0.312 e. The molecule has 6 heteroatoms. The van der Waals surface area contributed by atoms with Crippen molar-refractivity contribution in [1.29, 1.82) is 0 Å². The van der Waals surface area contributed by atoms with Gasteiger partial charge in [0.05, 0.1) is 11.8 Å². The number of aliphatic imine (C=N–C) groups is 1. The van der Waals surface area contributed by atoms with E-state index in [0.717, 1.165) is 11.3 Å². The lowest BCUT2D eigenvalue weighted by molar-refractivity contribution is 0.336. The number of rotatable bonds is 3. The van der Waals surface area contributed by atoms with Gasteiger partial charge in [-0.1, -0.05) is 12.1 Å². The average Bonchev–Trinajstić information content (AvgIpc) is 2.85. The summed E-state index contributed by atoms with van der Waals surface area (Å²) >= 11 is 0. The Kier molecular flexibility index (Phi) is 3.89. The van der Waals surface area contributed by atoms with Crippen LogP contribution in [0, 0.1) is 19.7 Å². The van der Waals surface area contributed by atoms with Gasteiger partial charge in [0.2, 0.25) is 5.89 Å². The third-order valence-corrected chi connectivity index (χ3v) is 3.14. The number of aryl methyl sites for hydroxylation is 2. The molecule has 116 valence electrons. The van der Waals surface area contributed by atoms with E-state index < -0.39 is 11.8 Å². The first-order chi connectivity index (χ1) is 11.0. The molecule has 0 radical (unpaired) electrons. The molecule has 3 rings (SSSR count). The Morgan fingerprint density at radius 2 is 1.96 bits per heavy atom. The van der Waals surface area contributed by atoms with Crippen LogP contribution in [0.1, 0.15) is 17.0 Å². The van der Waals surface area contributed by atoms with Crippen molar-refractivity contribution in [2.75, 3.05) is 0 Å². The van der Waals surface area contributed by atoms with Crippen LogP contribution < -0.4 is 0 Å². The summed E-state index contributed by atoms with van der Waals surface area (Å²) in [4.78, 5) is 12.5. The number of aromatic nitrogens is 2. The van der Waals surface area contributed by atoms with Gasteiger partial charge in [-0.15, -0.1) is 0 Å². The lowest BCUT2D eigenvalue weighted by Crippen LogP contribution is -1.87. The van der Waals surface area contributed by atoms with E-state index >= 15 is 0 Å². The molecule has 1 aromatic carbocycles. The van der Waals surface area contributed by atoms with Crippen molar-refractivity contribution in [2.45, 2.75) is 13.8 Å². The largest absolute Gasteiger partial charge is 0.479 e. The molecule has 3 aromatic rings. The van der Waals surface area contributed by atoms with Crippen LogP contribution in [-0.2, 0) is 0 Å². The highest BCUT2D eigenvalue weighted by atomic mass is 19.1. The van der Waals surface area contributed by atoms with Gasteiger partial charge < -0.3 is 9.52 Å². The van der Waals surface area contributed by atoms with Gasteiger partial charge in [0.15, 0.2) is 11.5 Å². The topological polar surface area (TPSA) is 71.5 Å². The van der Waals surface area contributed by atoms with Crippen LogP contribution in [0.15, 0.2) is 45.8 Å². The fourth-order valence-electron chi connectivity index (χ4n) is 2.17. The number of aromatic hydroxyl groups is 1. The summed E-state index contributed by atoms with van der Waals surface area (Å²) in [5.74, 6) is -0.405. The average molecular weight is 311 g/mol. The van der Waals surface area contributed by atoms with E-state index in [0.29, 0.717) is 5.82 Å². The second-order valence-corrected chi connectivity index (χ2v) is 5.09. The predicted molar refractivity (Wildman–Crippen MR) is 84.5 cm³/mol. The Morgan fingerprint density at radius 3 is 2.70 bits per heavy atom. The van der Waals surface area contributed by atoms with E-state index in [1.165, 1.54) is 18.3 Å². The van der Waals surface area contributed by atoms with Crippen molar-refractivity contribution in [3.8, 4) is 17.4 Å². The van der Waals surface area contributed by atoms with Crippen molar-refractivity contribution < 1.29 is 13.9 Å². The highest BCUT2D eigenvalue weighted by Crippen LogP contribution is 2.27. The smallest absolute Gasteiger partial charge is 0.312 e. The second-order valence-electron chi connectivity index (χ2n) is 5.09. The number of pyridine rings is 1. The fraction of sp³-hybridized carbons (Fsp3) is 0.118. The SMILES string of the molecule is Cc1cc(C)nc(/N=C/c2nc(-c3ccccc3F)oc2O)c1. The maximum absolute atomic E-state index is 13.7. The molecule has 23 heavy (non-hydrogen) atoms. The summed E-state index contributed by atoms with van der Waals surface area (Å²) in [5.41, 5.74) is 2.16. The van der Waals surface area contributed by atoms with Gasteiger partial charge >= 0.3 is 5.95 Å². The lowest BCUT2D eigenvalue weighted by Gasteiger charge is -1.97. The Balaban J connectivity index is 1.92. The summed E-state index contributed by atoms with van der Waals surface area (Å²) in [7, 11) is 0. The molecule has 0 fully saturated rings. The predicted octanol–water partition coefficient (Wildman–Crippen LogP) is 3.95. The molecule has 0 saturated carbocycles. The summed E-state index contributed by atoms with van der Waals surface area (Å²) in [6.45, 7) is 3.81. The van der Waals surface area contributed by atoms with E-state index in [2.05, 4.69) is 15.0 Å². The van der Waals surface area contributed by atoms with Crippen molar-refractivity contribution in [1.82, 2.24) is 9.97 Å². The summed E-state index contributed by atoms with van der Waals surface area (Å²) in [5, 5.41) is 9.81. The number of hydrogen-bond donors (Lipinski definition) is 1. The molecule has 0 aliphatic carbocycles. The molecule has 0 atom stereocenters. The molecule has 0 saturated heterocycles. The molecule has 0 amide bonds. The lowest BCUT2D eigenvalue weighted by atomic mass is 10.2. The number of benzene rings is 1.